The number of sulfonamides is 2. The van der Waals surface area contributed by atoms with Gasteiger partial charge in [-0.3, -0.25) is 29.7 Å². The second kappa shape index (κ2) is 24.4. The topological polar surface area (TPSA) is 432 Å². The molecule has 396 valence electrons. The number of carbonyl (C=O) groups is 2. The summed E-state index contributed by atoms with van der Waals surface area (Å²) in [6.07, 6.45) is 4.03. The van der Waals surface area contributed by atoms with E-state index in [2.05, 4.69) is 45.3 Å². The van der Waals surface area contributed by atoms with Crippen molar-refractivity contribution in [3.8, 4) is 11.1 Å². The Hall–Kier alpha value is -7.88. The predicted octanol–water partition coefficient (Wildman–Crippen LogP) is 7.17. The fraction of sp³-hybridized carbons (Fsp3) is 0.171. The first-order valence-corrected chi connectivity index (χ1v) is 24.4. The maximum absolute atomic E-state index is 13.2. The zero-order chi connectivity index (χ0) is 56.1. The first-order chi connectivity index (χ1) is 34.2. The molecule has 0 saturated heterocycles. The molecule has 0 aliphatic carbocycles. The van der Waals surface area contributed by atoms with Crippen molar-refractivity contribution in [3.05, 3.63) is 161 Å². The smallest absolute Gasteiger partial charge is 0.478 e. The number of hydrogen-bond donors (Lipinski definition) is 6. The molecule has 0 amide bonds. The number of rotatable bonds is 14. The van der Waals surface area contributed by atoms with Crippen LogP contribution in [-0.2, 0) is 20.0 Å². The Balaban J connectivity index is 0.000000327. The van der Waals surface area contributed by atoms with Gasteiger partial charge in [0.1, 0.15) is 21.2 Å². The molecule has 28 nitrogen and oxygen atoms in total. The molecule has 4 aromatic carbocycles. The highest BCUT2D eigenvalue weighted by atomic mass is 79.9. The van der Waals surface area contributed by atoms with Crippen molar-refractivity contribution < 1.29 is 66.4 Å². The number of nitrogens with zero attached hydrogens (tertiary/aromatic N) is 8. The molecule has 0 unspecified atom stereocenters. The number of nitro groups is 4. The molecule has 6 rings (SSSR count). The predicted molar refractivity (Wildman–Crippen MR) is 274 cm³/mol. The lowest BCUT2D eigenvalue weighted by atomic mass is 9.82. The minimum absolute atomic E-state index is 0. The second-order valence-electron chi connectivity index (χ2n) is 15.1. The molecule has 6 N–H and O–H groups in total. The normalized spacial score (nSPS) is 10.8. The molecule has 34 heteroatoms. The molecule has 6 aromatic rings. The van der Waals surface area contributed by atoms with Crippen molar-refractivity contribution in [2.75, 3.05) is 9.44 Å². The fourth-order valence-electron chi connectivity index (χ4n) is 6.57. The van der Waals surface area contributed by atoms with Gasteiger partial charge in [-0.15, -0.1) is 0 Å². The number of aromatic carboxylic acids is 2. The average Bonchev–Trinajstić information content (AvgIpc) is 3.30. The van der Waals surface area contributed by atoms with Crippen molar-refractivity contribution >= 4 is 118 Å². The Bertz CT molecular complexity index is 3580. The summed E-state index contributed by atoms with van der Waals surface area (Å²) in [6, 6.07) is 7.05. The van der Waals surface area contributed by atoms with Gasteiger partial charge in [-0.2, -0.15) is 0 Å². The van der Waals surface area contributed by atoms with E-state index in [0.29, 0.717) is 15.6 Å². The van der Waals surface area contributed by atoms with Crippen LogP contribution in [0.4, 0.5) is 34.4 Å². The number of hydrogen-bond acceptors (Lipinski definition) is 20. The Morgan fingerprint density at radius 3 is 1.39 bits per heavy atom. The van der Waals surface area contributed by atoms with Crippen LogP contribution in [0, 0.1) is 82.0 Å². The van der Waals surface area contributed by atoms with Gasteiger partial charge in [0.25, 0.3) is 31.4 Å². The van der Waals surface area contributed by atoms with Crippen molar-refractivity contribution in [1.82, 2.24) is 19.9 Å². The van der Waals surface area contributed by atoms with E-state index >= 15 is 0 Å². The van der Waals surface area contributed by atoms with Crippen LogP contribution >= 0.6 is 39.1 Å². The second-order valence-corrected chi connectivity index (χ2v) is 20.0. The Labute approximate surface area is 442 Å². The van der Waals surface area contributed by atoms with E-state index < -0.39 is 113 Å². The molecule has 0 radical (unpaired) electrons. The lowest BCUT2D eigenvalue weighted by Gasteiger charge is -2.16. The molecular weight excluding hydrogens is 1150 g/mol. The number of carboxylic acids is 2. The summed E-state index contributed by atoms with van der Waals surface area (Å²) in [5.74, 6) is -4.04. The maximum atomic E-state index is 13.2. The first-order valence-electron chi connectivity index (χ1n) is 19.9. The van der Waals surface area contributed by atoms with Crippen molar-refractivity contribution in [1.29, 1.82) is 0 Å². The van der Waals surface area contributed by atoms with Gasteiger partial charge in [-0.25, -0.2) is 36.4 Å². The summed E-state index contributed by atoms with van der Waals surface area (Å²) in [4.78, 5) is 77.6. The number of nitro benzene ring substituents is 2. The minimum atomic E-state index is -4.65. The SMILES string of the molecule is C.Cc1cc(C(=O)O)c(Cl)c(S(=O)(=O)Nc2cc(-c3cncnc3[N+](=O)[O-])c(C)c(C)c2[N+](=O)[O-])c1.Cc1cc(C(=O)O)c(Cl)c(S(=O)(=O)Nc2cc(Br)c(C)c(C)c2[N+](=O)[O-])c1.O=[N+]([O-])c1ncncc1B(O)O. The van der Waals surface area contributed by atoms with E-state index in [1.165, 1.54) is 58.9 Å². The van der Waals surface area contributed by atoms with Crippen molar-refractivity contribution in [2.45, 2.75) is 58.8 Å². The van der Waals surface area contributed by atoms with Crippen LogP contribution in [0.1, 0.15) is 61.5 Å². The molecule has 0 fully saturated rings. The number of anilines is 2. The molecule has 0 atom stereocenters. The van der Waals surface area contributed by atoms with E-state index in [0.717, 1.165) is 37.2 Å². The third-order valence-corrected chi connectivity index (χ3v) is 14.9. The van der Waals surface area contributed by atoms with E-state index in [1.54, 1.807) is 6.92 Å². The van der Waals surface area contributed by atoms with E-state index in [1.807, 2.05) is 0 Å². The molecule has 0 saturated carbocycles. The monoisotopic (exact) mass is 1180 g/mol. The van der Waals surface area contributed by atoms with Gasteiger partial charge >= 0.3 is 30.7 Å². The zero-order valence-electron chi connectivity index (χ0n) is 38.4. The molecule has 0 spiro atoms. The number of aromatic nitrogens is 4. The van der Waals surface area contributed by atoms with Crippen LogP contribution in [0.15, 0.2) is 75.7 Å². The molecule has 0 aliphatic rings. The van der Waals surface area contributed by atoms with Gasteiger partial charge in [0.05, 0.1) is 42.0 Å². The summed E-state index contributed by atoms with van der Waals surface area (Å²) in [5.41, 5.74) is -1.16. The quantitative estimate of drug-likeness (QED) is 0.0357. The summed E-state index contributed by atoms with van der Waals surface area (Å²) < 4.78 is 56.7. The number of aryl methyl sites for hydroxylation is 2. The van der Waals surface area contributed by atoms with Crippen LogP contribution in [0.5, 0.6) is 0 Å². The Morgan fingerprint density at radius 2 is 1.00 bits per heavy atom. The van der Waals surface area contributed by atoms with Crippen molar-refractivity contribution in [3.63, 3.8) is 0 Å². The lowest BCUT2D eigenvalue weighted by Crippen LogP contribution is -2.33. The highest BCUT2D eigenvalue weighted by Gasteiger charge is 2.32. The van der Waals surface area contributed by atoms with E-state index in [4.69, 9.17) is 33.2 Å². The van der Waals surface area contributed by atoms with Crippen LogP contribution < -0.4 is 14.9 Å². The summed E-state index contributed by atoms with van der Waals surface area (Å²) in [5, 5.41) is 79.7. The van der Waals surface area contributed by atoms with Crippen LogP contribution in [0.2, 0.25) is 10.0 Å². The summed E-state index contributed by atoms with van der Waals surface area (Å²) in [6.45, 7) is 8.94. The summed E-state index contributed by atoms with van der Waals surface area (Å²) in [7, 11) is -11.0. The van der Waals surface area contributed by atoms with Gasteiger partial charge in [0.15, 0.2) is 0 Å². The fourth-order valence-corrected chi connectivity index (χ4v) is 10.6. The highest BCUT2D eigenvalue weighted by molar-refractivity contribution is 9.10. The minimum Gasteiger partial charge on any atom is -0.478 e. The first kappa shape index (κ1) is 61.4. The number of halogens is 3. The molecule has 2 heterocycles. The largest absolute Gasteiger partial charge is 0.498 e. The number of nitrogens with one attached hydrogen (secondary N) is 2. The van der Waals surface area contributed by atoms with Gasteiger partial charge in [0, 0.05) is 28.0 Å². The zero-order valence-corrected chi connectivity index (χ0v) is 43.1. The Kier molecular flexibility index (Phi) is 20.0. The van der Waals surface area contributed by atoms with Crippen molar-refractivity contribution in [2.24, 2.45) is 0 Å². The summed E-state index contributed by atoms with van der Waals surface area (Å²) >= 11 is 15.3. The van der Waals surface area contributed by atoms with E-state index in [-0.39, 0.29) is 57.5 Å². The Morgan fingerprint density at radius 1 is 0.600 bits per heavy atom. The van der Waals surface area contributed by atoms with Gasteiger partial charge in [-0.1, -0.05) is 46.6 Å². The number of benzene rings is 4. The third kappa shape index (κ3) is 13.8. The molecular formula is C41H38BBrCl2N10O18S2. The molecule has 0 bridgehead atoms. The van der Waals surface area contributed by atoms with E-state index in [9.17, 15) is 77.1 Å². The molecule has 2 aromatic heterocycles. The van der Waals surface area contributed by atoms with Crippen LogP contribution in [0.3, 0.4) is 0 Å². The maximum Gasteiger partial charge on any atom is 0.498 e. The highest BCUT2D eigenvalue weighted by Crippen LogP contribution is 2.42. The standard InChI is InChI=1S/C20H16ClN5O8S.C16H14BrClN2O6S.C4H4BN3O4.CH4/c1-9-4-13(20(27)28)17(21)16(5-9)35(33,34)24-15-6-12(10(2)11(3)18(15)25(29)30)14-7-22-8-23-19(14)26(31)32;1-7-4-10(16(21)22)14(18)13(5-7)27(25,26)19-12-6-11(17)8(2)9(3)15(12)20(23)24;9-5(10)3-1-6-2-7-4(3)8(11)12;/h4-8,24H,1-3H3,(H,27,28);4-6,19H,1-3H3,(H,21,22);1-2,9-10H;1H4. The third-order valence-electron chi connectivity index (χ3n) is 10.3. The van der Waals surface area contributed by atoms with Gasteiger partial charge in [-0.05, 0) is 126 Å². The molecule has 75 heavy (non-hydrogen) atoms. The number of carboxylic acid groups (broad SMARTS) is 2. The average molecular weight is 1180 g/mol. The van der Waals surface area contributed by atoms with Gasteiger partial charge in [0.2, 0.25) is 12.7 Å². The molecule has 0 aliphatic heterocycles. The van der Waals surface area contributed by atoms with Crippen LogP contribution in [0.25, 0.3) is 11.1 Å². The lowest BCUT2D eigenvalue weighted by molar-refractivity contribution is -0.389. The van der Waals surface area contributed by atoms with Crippen LogP contribution in [-0.4, -0.2) is 95.8 Å². The van der Waals surface area contributed by atoms with Gasteiger partial charge < -0.3 is 40.5 Å².